The highest BCUT2D eigenvalue weighted by Crippen LogP contribution is 2.14. The Bertz CT molecular complexity index is 707. The molecular weight excluding hydrogens is 290 g/mol. The third kappa shape index (κ3) is 3.23. The van der Waals surface area contributed by atoms with Crippen molar-refractivity contribution >= 4 is 11.8 Å². The number of aromatic nitrogens is 1. The highest BCUT2D eigenvalue weighted by atomic mass is 16.2. The van der Waals surface area contributed by atoms with E-state index in [1.807, 2.05) is 36.1 Å². The fourth-order valence-electron chi connectivity index (χ4n) is 2.77. The van der Waals surface area contributed by atoms with Gasteiger partial charge >= 0.3 is 0 Å². The summed E-state index contributed by atoms with van der Waals surface area (Å²) in [5.74, 6) is 0.0117. The predicted octanol–water partition coefficient (Wildman–Crippen LogP) is 1.99. The van der Waals surface area contributed by atoms with E-state index in [2.05, 4.69) is 4.98 Å². The monoisotopic (exact) mass is 309 g/mol. The minimum Gasteiger partial charge on any atom is -0.335 e. The lowest BCUT2D eigenvalue weighted by Crippen LogP contribution is -2.50. The Kier molecular flexibility index (Phi) is 4.37. The predicted molar refractivity (Wildman–Crippen MR) is 87.2 cm³/mol. The number of hydrogen-bond donors (Lipinski definition) is 0. The number of aryl methyl sites for hydroxylation is 1. The Morgan fingerprint density at radius 2 is 1.57 bits per heavy atom. The molecule has 1 saturated heterocycles. The number of nitrogens with zero attached hydrogens (tertiary/aromatic N) is 3. The summed E-state index contributed by atoms with van der Waals surface area (Å²) in [5.41, 5.74) is 2.30. The first-order valence-corrected chi connectivity index (χ1v) is 7.71. The highest BCUT2D eigenvalue weighted by Gasteiger charge is 2.26. The van der Waals surface area contributed by atoms with E-state index in [0.717, 1.165) is 11.1 Å². The molecule has 0 aliphatic carbocycles. The van der Waals surface area contributed by atoms with Crippen LogP contribution in [0, 0.1) is 6.92 Å². The van der Waals surface area contributed by atoms with Crippen LogP contribution >= 0.6 is 0 Å². The maximum absolute atomic E-state index is 12.6. The number of hydrogen-bond acceptors (Lipinski definition) is 3. The summed E-state index contributed by atoms with van der Waals surface area (Å²) in [6.45, 7) is 4.14. The normalized spacial score (nSPS) is 14.7. The summed E-state index contributed by atoms with van der Waals surface area (Å²) in [6.07, 6.45) is 3.22. The fraction of sp³-hybridized carbons (Fsp3) is 0.278. The van der Waals surface area contributed by atoms with Gasteiger partial charge in [0.15, 0.2) is 0 Å². The van der Waals surface area contributed by atoms with Gasteiger partial charge in [0.2, 0.25) is 0 Å². The molecule has 0 bridgehead atoms. The van der Waals surface area contributed by atoms with Crippen LogP contribution in [0.3, 0.4) is 0 Å². The first kappa shape index (κ1) is 15.2. The zero-order valence-electron chi connectivity index (χ0n) is 13.1. The van der Waals surface area contributed by atoms with Crippen LogP contribution < -0.4 is 0 Å². The first-order valence-electron chi connectivity index (χ1n) is 7.71. The molecule has 3 rings (SSSR count). The van der Waals surface area contributed by atoms with Gasteiger partial charge in [-0.25, -0.2) is 0 Å². The van der Waals surface area contributed by atoms with Crippen LogP contribution in [0.5, 0.6) is 0 Å². The van der Waals surface area contributed by atoms with Crippen LogP contribution in [0.1, 0.15) is 26.3 Å². The topological polar surface area (TPSA) is 53.5 Å². The number of benzene rings is 1. The van der Waals surface area contributed by atoms with Gasteiger partial charge in [-0.1, -0.05) is 18.2 Å². The summed E-state index contributed by atoms with van der Waals surface area (Å²) >= 11 is 0. The van der Waals surface area contributed by atoms with Crippen molar-refractivity contribution in [2.24, 2.45) is 0 Å². The lowest BCUT2D eigenvalue weighted by Gasteiger charge is -2.35. The molecule has 0 N–H and O–H groups in total. The molecule has 118 valence electrons. The highest BCUT2D eigenvalue weighted by molar-refractivity contribution is 5.96. The second-order valence-electron chi connectivity index (χ2n) is 5.64. The largest absolute Gasteiger partial charge is 0.335 e. The first-order chi connectivity index (χ1) is 11.2. The van der Waals surface area contributed by atoms with E-state index >= 15 is 0 Å². The second kappa shape index (κ2) is 6.60. The Balaban J connectivity index is 1.64. The molecule has 2 aromatic rings. The Labute approximate surface area is 135 Å². The van der Waals surface area contributed by atoms with E-state index in [0.29, 0.717) is 31.7 Å². The average Bonchev–Trinajstić information content (AvgIpc) is 2.62. The third-order valence-corrected chi connectivity index (χ3v) is 4.14. The third-order valence-electron chi connectivity index (χ3n) is 4.14. The molecule has 23 heavy (non-hydrogen) atoms. The fourth-order valence-corrected chi connectivity index (χ4v) is 2.77. The summed E-state index contributed by atoms with van der Waals surface area (Å²) in [6, 6.07) is 11.1. The van der Waals surface area contributed by atoms with Crippen molar-refractivity contribution in [3.05, 3.63) is 65.5 Å². The smallest absolute Gasteiger partial charge is 0.255 e. The summed E-state index contributed by atoms with van der Waals surface area (Å²) < 4.78 is 0. The van der Waals surface area contributed by atoms with Gasteiger partial charge in [-0.15, -0.1) is 0 Å². The number of amides is 2. The van der Waals surface area contributed by atoms with E-state index in [-0.39, 0.29) is 11.8 Å². The molecule has 5 nitrogen and oxygen atoms in total. The zero-order valence-corrected chi connectivity index (χ0v) is 13.1. The van der Waals surface area contributed by atoms with Crippen molar-refractivity contribution in [1.82, 2.24) is 14.8 Å². The van der Waals surface area contributed by atoms with Crippen LogP contribution in [0.2, 0.25) is 0 Å². The minimum absolute atomic E-state index is 0.0268. The van der Waals surface area contributed by atoms with E-state index in [9.17, 15) is 9.59 Å². The lowest BCUT2D eigenvalue weighted by molar-refractivity contribution is 0.0535. The molecule has 1 fully saturated rings. The van der Waals surface area contributed by atoms with Gasteiger partial charge in [0.25, 0.3) is 11.8 Å². The van der Waals surface area contributed by atoms with Gasteiger partial charge in [0, 0.05) is 44.1 Å². The molecule has 1 aromatic heterocycles. The average molecular weight is 309 g/mol. The molecule has 5 heteroatoms. The summed E-state index contributed by atoms with van der Waals surface area (Å²) in [5, 5.41) is 0. The SMILES string of the molecule is Cc1ccccc1C(=O)N1CCN(C(=O)c2cccnc2)CC1. The number of carbonyl (C=O) groups is 2. The van der Waals surface area contributed by atoms with Crippen LogP contribution in [-0.4, -0.2) is 52.8 Å². The van der Waals surface area contributed by atoms with Crippen LogP contribution in [0.15, 0.2) is 48.8 Å². The molecule has 1 aromatic carbocycles. The number of rotatable bonds is 2. The van der Waals surface area contributed by atoms with Crippen molar-refractivity contribution in [3.63, 3.8) is 0 Å². The maximum Gasteiger partial charge on any atom is 0.255 e. The summed E-state index contributed by atoms with van der Waals surface area (Å²) in [4.78, 5) is 32.5. The molecule has 0 atom stereocenters. The van der Waals surface area contributed by atoms with Crippen LogP contribution in [0.4, 0.5) is 0 Å². The molecule has 0 radical (unpaired) electrons. The molecule has 1 aliphatic heterocycles. The van der Waals surface area contributed by atoms with Gasteiger partial charge in [-0.05, 0) is 30.7 Å². The van der Waals surface area contributed by atoms with E-state index in [4.69, 9.17) is 0 Å². The number of piperazine rings is 1. The molecule has 2 heterocycles. The minimum atomic E-state index is -0.0268. The maximum atomic E-state index is 12.6. The van der Waals surface area contributed by atoms with Gasteiger partial charge in [-0.2, -0.15) is 0 Å². The Morgan fingerprint density at radius 1 is 0.913 bits per heavy atom. The molecule has 0 unspecified atom stereocenters. The Morgan fingerprint density at radius 3 is 2.17 bits per heavy atom. The van der Waals surface area contributed by atoms with Crippen molar-refractivity contribution in [2.75, 3.05) is 26.2 Å². The van der Waals surface area contributed by atoms with E-state index in [1.165, 1.54) is 0 Å². The van der Waals surface area contributed by atoms with Gasteiger partial charge in [-0.3, -0.25) is 14.6 Å². The second-order valence-corrected chi connectivity index (χ2v) is 5.64. The number of carbonyl (C=O) groups excluding carboxylic acids is 2. The van der Waals surface area contributed by atoms with E-state index < -0.39 is 0 Å². The van der Waals surface area contributed by atoms with Crippen molar-refractivity contribution in [2.45, 2.75) is 6.92 Å². The standard InChI is InChI=1S/C18H19N3O2/c1-14-5-2-3-7-16(14)18(23)21-11-9-20(10-12-21)17(22)15-6-4-8-19-13-15/h2-8,13H,9-12H2,1H3. The molecular formula is C18H19N3O2. The Hall–Kier alpha value is -2.69. The van der Waals surface area contributed by atoms with Crippen molar-refractivity contribution in [1.29, 1.82) is 0 Å². The molecule has 1 aliphatic rings. The van der Waals surface area contributed by atoms with Crippen LogP contribution in [0.25, 0.3) is 0 Å². The molecule has 0 saturated carbocycles. The number of pyridine rings is 1. The van der Waals surface area contributed by atoms with Gasteiger partial charge < -0.3 is 9.80 Å². The van der Waals surface area contributed by atoms with Crippen molar-refractivity contribution < 1.29 is 9.59 Å². The summed E-state index contributed by atoms with van der Waals surface area (Å²) in [7, 11) is 0. The molecule has 0 spiro atoms. The van der Waals surface area contributed by atoms with E-state index in [1.54, 1.807) is 29.4 Å². The van der Waals surface area contributed by atoms with Gasteiger partial charge in [0.05, 0.1) is 5.56 Å². The quantitative estimate of drug-likeness (QED) is 0.852. The van der Waals surface area contributed by atoms with Gasteiger partial charge in [0.1, 0.15) is 0 Å². The van der Waals surface area contributed by atoms with Crippen molar-refractivity contribution in [3.8, 4) is 0 Å². The zero-order chi connectivity index (χ0) is 16.2. The molecule has 2 amide bonds. The van der Waals surface area contributed by atoms with Crippen LogP contribution in [-0.2, 0) is 0 Å². The lowest BCUT2D eigenvalue weighted by atomic mass is 10.1.